The molecule has 0 amide bonds. The van der Waals surface area contributed by atoms with E-state index in [1.54, 1.807) is 12.1 Å². The molecule has 1 unspecified atom stereocenters. The first-order valence-corrected chi connectivity index (χ1v) is 10.1. The van der Waals surface area contributed by atoms with Crippen LogP contribution in [-0.4, -0.2) is 26.7 Å². The molecule has 1 aliphatic rings. The maximum Gasteiger partial charge on any atom is 0.229 e. The van der Waals surface area contributed by atoms with Gasteiger partial charge in [0.15, 0.2) is 5.78 Å². The van der Waals surface area contributed by atoms with Gasteiger partial charge in [0.25, 0.3) is 0 Å². The van der Waals surface area contributed by atoms with Gasteiger partial charge in [0.05, 0.1) is 17.9 Å². The number of Topliss-reactive ketones (excluding diaryl/α,β-unsaturated/α-hetero) is 1. The smallest absolute Gasteiger partial charge is 0.229 e. The average Bonchev–Trinajstić information content (AvgIpc) is 2.61. The predicted octanol–water partition coefficient (Wildman–Crippen LogP) is 2.58. The van der Waals surface area contributed by atoms with Crippen LogP contribution in [-0.2, 0) is 27.8 Å². The van der Waals surface area contributed by atoms with E-state index in [1.807, 2.05) is 30.3 Å². The van der Waals surface area contributed by atoms with E-state index in [0.717, 1.165) is 11.8 Å². The van der Waals surface area contributed by atoms with Crippen LogP contribution in [0.1, 0.15) is 27.9 Å². The molecule has 3 rings (SSSR count). The summed E-state index contributed by atoms with van der Waals surface area (Å²) in [5.41, 5.74) is 2.15. The highest BCUT2D eigenvalue weighted by atomic mass is 32.2. The molecule has 1 N–H and O–H groups in total. The van der Waals surface area contributed by atoms with Crippen LogP contribution >= 0.6 is 0 Å². The van der Waals surface area contributed by atoms with E-state index in [1.165, 1.54) is 0 Å². The van der Waals surface area contributed by atoms with Crippen LogP contribution in [0.15, 0.2) is 42.5 Å². The van der Waals surface area contributed by atoms with Gasteiger partial charge in [0.2, 0.25) is 10.0 Å². The normalized spacial score (nSPS) is 16.7. The number of hydrogen-bond acceptors (Lipinski definition) is 5. The molecule has 0 heterocycles. The van der Waals surface area contributed by atoms with Crippen molar-refractivity contribution in [2.24, 2.45) is 5.92 Å². The molecular formula is C19H19NO5S. The molecule has 0 aliphatic heterocycles. The van der Waals surface area contributed by atoms with Gasteiger partial charge in [0, 0.05) is 5.56 Å². The molecule has 0 saturated heterocycles. The van der Waals surface area contributed by atoms with E-state index >= 15 is 0 Å². The maximum absolute atomic E-state index is 12.4. The lowest BCUT2D eigenvalue weighted by Gasteiger charge is -2.24. The number of fused-ring (bicyclic) bond motifs is 1. The fraction of sp³-hybridized carbons (Fsp3) is 0.263. The van der Waals surface area contributed by atoms with Crippen molar-refractivity contribution in [2.75, 3.05) is 11.0 Å². The van der Waals surface area contributed by atoms with Crippen molar-refractivity contribution in [3.63, 3.8) is 0 Å². The van der Waals surface area contributed by atoms with E-state index in [2.05, 4.69) is 4.72 Å². The lowest BCUT2D eigenvalue weighted by atomic mass is 9.82. The highest BCUT2D eigenvalue weighted by Crippen LogP contribution is 2.37. The summed E-state index contributed by atoms with van der Waals surface area (Å²) in [6.07, 6.45) is 2.47. The van der Waals surface area contributed by atoms with Crippen LogP contribution in [0.25, 0.3) is 0 Å². The zero-order valence-electron chi connectivity index (χ0n) is 14.3. The molecule has 0 radical (unpaired) electrons. The number of ketones is 1. The lowest BCUT2D eigenvalue weighted by Crippen LogP contribution is -2.25. The van der Waals surface area contributed by atoms with Crippen LogP contribution in [0.5, 0.6) is 5.75 Å². The second-order valence-electron chi connectivity index (χ2n) is 6.26. The summed E-state index contributed by atoms with van der Waals surface area (Å²) in [4.78, 5) is 23.5. The lowest BCUT2D eigenvalue weighted by molar-refractivity contribution is -0.110. The van der Waals surface area contributed by atoms with E-state index < -0.39 is 15.9 Å². The Kier molecular flexibility index (Phi) is 5.08. The number of nitrogens with one attached hydrogen (secondary N) is 1. The fourth-order valence-electron chi connectivity index (χ4n) is 3.03. The van der Waals surface area contributed by atoms with Crippen molar-refractivity contribution in [1.82, 2.24) is 0 Å². The summed E-state index contributed by atoms with van der Waals surface area (Å²) in [6.45, 7) is 0.267. The minimum absolute atomic E-state index is 0.267. The number of carbonyl (C=O) groups excluding carboxylic acids is 2. The molecule has 0 bridgehead atoms. The number of anilines is 1. The first-order valence-electron chi connectivity index (χ1n) is 8.19. The molecule has 0 spiro atoms. The number of carbonyl (C=O) groups is 2. The molecule has 26 heavy (non-hydrogen) atoms. The van der Waals surface area contributed by atoms with Gasteiger partial charge in [-0.2, -0.15) is 0 Å². The molecule has 136 valence electrons. The molecule has 1 aliphatic carbocycles. The number of sulfonamides is 1. The Morgan fingerprint density at radius 1 is 1.19 bits per heavy atom. The standard InChI is InChI=1S/C19H19NO5S/c1-26(23,24)20-18-15-8-7-14(11-21)19(22)16(15)9-10-17(18)25-12-13-5-3-2-4-6-13/h2-6,9-11,14,20H,7-8,12H2,1H3. The molecule has 6 nitrogen and oxygen atoms in total. The van der Waals surface area contributed by atoms with Crippen LogP contribution in [0.2, 0.25) is 0 Å². The third kappa shape index (κ3) is 3.94. The average molecular weight is 373 g/mol. The van der Waals surface area contributed by atoms with Gasteiger partial charge in [-0.05, 0) is 36.1 Å². The molecule has 0 fully saturated rings. The van der Waals surface area contributed by atoms with E-state index in [4.69, 9.17) is 4.74 Å². The number of ether oxygens (including phenoxy) is 1. The SMILES string of the molecule is CS(=O)(=O)Nc1c(OCc2ccccc2)ccc2c1CCC(C=O)C2=O. The van der Waals surface area contributed by atoms with Gasteiger partial charge in [0.1, 0.15) is 18.6 Å². The molecular weight excluding hydrogens is 354 g/mol. The maximum atomic E-state index is 12.4. The van der Waals surface area contributed by atoms with Gasteiger partial charge in [-0.1, -0.05) is 30.3 Å². The Morgan fingerprint density at radius 3 is 2.58 bits per heavy atom. The van der Waals surface area contributed by atoms with Crippen molar-refractivity contribution < 1.29 is 22.7 Å². The molecule has 7 heteroatoms. The van der Waals surface area contributed by atoms with E-state index in [-0.39, 0.29) is 18.1 Å². The number of benzene rings is 2. The molecule has 1 atom stereocenters. The second-order valence-corrected chi connectivity index (χ2v) is 8.01. The van der Waals surface area contributed by atoms with Crippen molar-refractivity contribution in [3.05, 3.63) is 59.2 Å². The van der Waals surface area contributed by atoms with E-state index in [0.29, 0.717) is 36.0 Å². The predicted molar refractivity (Wildman–Crippen MR) is 97.9 cm³/mol. The summed E-state index contributed by atoms with van der Waals surface area (Å²) in [5.74, 6) is -0.604. The molecule has 0 aromatic heterocycles. The minimum atomic E-state index is -3.56. The Hall–Kier alpha value is -2.67. The summed E-state index contributed by atoms with van der Waals surface area (Å²) in [5, 5.41) is 0. The summed E-state index contributed by atoms with van der Waals surface area (Å²) >= 11 is 0. The van der Waals surface area contributed by atoms with Crippen LogP contribution < -0.4 is 9.46 Å². The second kappa shape index (κ2) is 7.29. The van der Waals surface area contributed by atoms with Crippen molar-refractivity contribution in [3.8, 4) is 5.75 Å². The van der Waals surface area contributed by atoms with E-state index in [9.17, 15) is 18.0 Å². The third-order valence-electron chi connectivity index (χ3n) is 4.27. The Labute approximate surface area is 152 Å². The fourth-order valence-corrected chi connectivity index (χ4v) is 3.62. The van der Waals surface area contributed by atoms with Crippen LogP contribution in [0, 0.1) is 5.92 Å². The summed E-state index contributed by atoms with van der Waals surface area (Å²) in [7, 11) is -3.56. The number of rotatable bonds is 6. The third-order valence-corrected chi connectivity index (χ3v) is 4.85. The summed E-state index contributed by atoms with van der Waals surface area (Å²) in [6, 6.07) is 12.6. The van der Waals surface area contributed by atoms with Crippen LogP contribution in [0.4, 0.5) is 5.69 Å². The number of hydrogen-bond donors (Lipinski definition) is 1. The summed E-state index contributed by atoms with van der Waals surface area (Å²) < 4.78 is 31.9. The Balaban J connectivity index is 1.99. The first kappa shape index (κ1) is 18.1. The van der Waals surface area contributed by atoms with Crippen molar-refractivity contribution in [1.29, 1.82) is 0 Å². The van der Waals surface area contributed by atoms with Crippen molar-refractivity contribution >= 4 is 27.8 Å². The molecule has 2 aromatic carbocycles. The zero-order valence-corrected chi connectivity index (χ0v) is 15.1. The van der Waals surface area contributed by atoms with Gasteiger partial charge in [-0.15, -0.1) is 0 Å². The topological polar surface area (TPSA) is 89.5 Å². The molecule has 2 aromatic rings. The molecule has 0 saturated carbocycles. The monoisotopic (exact) mass is 373 g/mol. The Bertz CT molecular complexity index is 938. The van der Waals surface area contributed by atoms with Gasteiger partial charge < -0.3 is 9.53 Å². The number of aldehydes is 1. The quantitative estimate of drug-likeness (QED) is 0.621. The van der Waals surface area contributed by atoms with Gasteiger partial charge in [-0.3, -0.25) is 9.52 Å². The zero-order chi connectivity index (χ0) is 18.7. The van der Waals surface area contributed by atoms with Crippen LogP contribution in [0.3, 0.4) is 0 Å². The first-order chi connectivity index (χ1) is 12.4. The largest absolute Gasteiger partial charge is 0.487 e. The minimum Gasteiger partial charge on any atom is -0.487 e. The highest BCUT2D eigenvalue weighted by molar-refractivity contribution is 7.92. The Morgan fingerprint density at radius 2 is 1.92 bits per heavy atom. The van der Waals surface area contributed by atoms with Crippen molar-refractivity contribution in [2.45, 2.75) is 19.4 Å². The van der Waals surface area contributed by atoms with Gasteiger partial charge in [-0.25, -0.2) is 8.42 Å². The van der Waals surface area contributed by atoms with Gasteiger partial charge >= 0.3 is 0 Å². The highest BCUT2D eigenvalue weighted by Gasteiger charge is 2.30.